The van der Waals surface area contributed by atoms with Gasteiger partial charge in [-0.2, -0.15) is 13.2 Å². The molecule has 0 spiro atoms. The van der Waals surface area contributed by atoms with Gasteiger partial charge in [-0.05, 0) is 34.6 Å². The second-order valence-electron chi connectivity index (χ2n) is 7.14. The molecule has 0 amide bonds. The van der Waals surface area contributed by atoms with Crippen molar-refractivity contribution < 1.29 is 17.4 Å². The largest absolute Gasteiger partial charge is 0.403 e. The van der Waals surface area contributed by atoms with E-state index in [0.29, 0.717) is 51.0 Å². The monoisotopic (exact) mass is 512 g/mol. The summed E-state index contributed by atoms with van der Waals surface area (Å²) in [6.45, 7) is 11.7. The summed E-state index contributed by atoms with van der Waals surface area (Å²) in [4.78, 5) is 7.94. The highest BCUT2D eigenvalue weighted by atomic mass is 127. The molecular weight excluding hydrogens is 480 g/mol. The van der Waals surface area contributed by atoms with E-state index in [0.717, 1.165) is 0 Å². The molecule has 1 fully saturated rings. The molecule has 0 bridgehead atoms. The van der Waals surface area contributed by atoms with Gasteiger partial charge in [-0.25, -0.2) is 0 Å². The van der Waals surface area contributed by atoms with Crippen molar-refractivity contribution in [3.05, 3.63) is 0 Å². The van der Waals surface area contributed by atoms with Crippen LogP contribution in [0.4, 0.5) is 13.2 Å². The van der Waals surface area contributed by atoms with Gasteiger partial charge in [0.1, 0.15) is 6.04 Å². The smallest absolute Gasteiger partial charge is 0.357 e. The van der Waals surface area contributed by atoms with Crippen LogP contribution in [-0.2, 0) is 10.8 Å². The summed E-state index contributed by atoms with van der Waals surface area (Å²) >= 11 is 0. The Morgan fingerprint density at radius 3 is 2.15 bits per heavy atom. The second kappa shape index (κ2) is 11.0. The fourth-order valence-electron chi connectivity index (χ4n) is 2.49. The normalized spacial score (nSPS) is 19.7. The summed E-state index contributed by atoms with van der Waals surface area (Å²) in [5.74, 6) is 1.16. The number of alkyl halides is 3. The Labute approximate surface area is 174 Å². The maximum Gasteiger partial charge on any atom is 0.403 e. The molecule has 10 heteroatoms. The fraction of sp³-hybridized carbons (Fsp3) is 0.938. The summed E-state index contributed by atoms with van der Waals surface area (Å²) in [7, 11) is -0.971. The van der Waals surface area contributed by atoms with Crippen LogP contribution < -0.4 is 5.32 Å². The van der Waals surface area contributed by atoms with Crippen LogP contribution >= 0.6 is 24.0 Å². The number of hydrogen-bond donors (Lipinski definition) is 1. The lowest BCUT2D eigenvalue weighted by Crippen LogP contribution is -2.56. The first kappa shape index (κ1) is 25.9. The Morgan fingerprint density at radius 1 is 1.19 bits per heavy atom. The van der Waals surface area contributed by atoms with E-state index < -0.39 is 23.0 Å². The van der Waals surface area contributed by atoms with Crippen LogP contribution in [0.5, 0.6) is 0 Å². The third-order valence-corrected chi connectivity index (χ3v) is 6.11. The molecule has 0 aromatic rings. The first-order chi connectivity index (χ1) is 11.5. The zero-order valence-electron chi connectivity index (χ0n) is 16.2. The molecule has 26 heavy (non-hydrogen) atoms. The number of guanidine groups is 1. The van der Waals surface area contributed by atoms with E-state index in [-0.39, 0.29) is 28.7 Å². The minimum absolute atomic E-state index is 0. The van der Waals surface area contributed by atoms with Gasteiger partial charge in [-0.15, -0.1) is 24.0 Å². The highest BCUT2D eigenvalue weighted by molar-refractivity contribution is 14.0. The van der Waals surface area contributed by atoms with Gasteiger partial charge >= 0.3 is 6.18 Å². The lowest BCUT2D eigenvalue weighted by molar-refractivity contribution is -0.181. The molecule has 0 aromatic heterocycles. The predicted octanol–water partition coefficient (Wildman–Crippen LogP) is 2.69. The van der Waals surface area contributed by atoms with Crippen LogP contribution in [-0.4, -0.2) is 82.0 Å². The Hall–Kier alpha value is -0.100. The topological polar surface area (TPSA) is 47.9 Å². The van der Waals surface area contributed by atoms with E-state index >= 15 is 0 Å². The first-order valence-corrected chi connectivity index (χ1v) is 10.0. The van der Waals surface area contributed by atoms with E-state index in [9.17, 15) is 17.4 Å². The third kappa shape index (κ3) is 8.28. The summed E-state index contributed by atoms with van der Waals surface area (Å²) in [6.07, 6.45) is -4.20. The molecule has 0 aromatic carbocycles. The molecule has 1 aliphatic rings. The van der Waals surface area contributed by atoms with E-state index in [1.54, 1.807) is 0 Å². The van der Waals surface area contributed by atoms with Crippen molar-refractivity contribution in [3.63, 3.8) is 0 Å². The fourth-order valence-corrected chi connectivity index (χ4v) is 3.36. The number of nitrogens with one attached hydrogen (secondary N) is 1. The van der Waals surface area contributed by atoms with Gasteiger partial charge in [0.15, 0.2) is 5.96 Å². The van der Waals surface area contributed by atoms with Gasteiger partial charge in [-0.3, -0.25) is 14.1 Å². The Kier molecular flexibility index (Phi) is 11.0. The number of rotatable bonds is 5. The number of aliphatic imine (C=N–C) groups is 1. The van der Waals surface area contributed by atoms with E-state index in [4.69, 9.17) is 0 Å². The van der Waals surface area contributed by atoms with Crippen molar-refractivity contribution in [1.82, 2.24) is 15.1 Å². The van der Waals surface area contributed by atoms with Crippen molar-refractivity contribution in [2.24, 2.45) is 4.99 Å². The highest BCUT2D eigenvalue weighted by Gasteiger charge is 2.41. The van der Waals surface area contributed by atoms with Gasteiger partial charge < -0.3 is 10.2 Å². The lowest BCUT2D eigenvalue weighted by atomic mass is 10.2. The quantitative estimate of drug-likeness (QED) is 0.350. The van der Waals surface area contributed by atoms with Gasteiger partial charge in [-0.1, -0.05) is 0 Å². The van der Waals surface area contributed by atoms with Gasteiger partial charge in [0.25, 0.3) is 0 Å². The Balaban J connectivity index is 0.00000625. The third-order valence-electron chi connectivity index (χ3n) is 4.19. The van der Waals surface area contributed by atoms with E-state index in [1.165, 1.54) is 11.8 Å². The first-order valence-electron chi connectivity index (χ1n) is 8.69. The molecule has 1 heterocycles. The zero-order valence-corrected chi connectivity index (χ0v) is 19.4. The van der Waals surface area contributed by atoms with Crippen molar-refractivity contribution in [2.75, 3.05) is 45.0 Å². The summed E-state index contributed by atoms with van der Waals surface area (Å²) < 4.78 is 50.3. The molecule has 2 unspecified atom stereocenters. The number of piperazine rings is 1. The van der Waals surface area contributed by atoms with Crippen molar-refractivity contribution >= 4 is 40.7 Å². The molecule has 1 saturated heterocycles. The summed E-state index contributed by atoms with van der Waals surface area (Å²) in [5.41, 5.74) is 0. The van der Waals surface area contributed by atoms with Gasteiger partial charge in [0.2, 0.25) is 0 Å². The maximum absolute atomic E-state index is 12.8. The van der Waals surface area contributed by atoms with Crippen LogP contribution in [0.25, 0.3) is 0 Å². The van der Waals surface area contributed by atoms with Crippen LogP contribution in [0.1, 0.15) is 34.6 Å². The predicted molar refractivity (Wildman–Crippen MR) is 113 cm³/mol. The van der Waals surface area contributed by atoms with Crippen molar-refractivity contribution in [3.8, 4) is 0 Å². The van der Waals surface area contributed by atoms with Crippen LogP contribution in [0.15, 0.2) is 4.99 Å². The van der Waals surface area contributed by atoms with Crippen LogP contribution in [0.2, 0.25) is 0 Å². The van der Waals surface area contributed by atoms with Crippen molar-refractivity contribution in [2.45, 2.75) is 51.6 Å². The molecule has 0 aliphatic carbocycles. The minimum atomic E-state index is -4.20. The second-order valence-corrected chi connectivity index (χ2v) is 9.46. The van der Waals surface area contributed by atoms with Gasteiger partial charge in [0.05, 0.1) is 6.54 Å². The summed E-state index contributed by atoms with van der Waals surface area (Å²) in [6, 6.07) is -1.43. The number of nitrogens with zero attached hydrogens (tertiary/aromatic N) is 3. The standard InChI is InChI=1S/C16H31F3N4OS.HI/c1-6-20-14(21-7-12-25(24)15(3,4)5)23-10-8-22(9-11-23)13(2)16(17,18)19;/h13H,6-12H2,1-5H3,(H,20,21);1H. The van der Waals surface area contributed by atoms with Crippen molar-refractivity contribution in [1.29, 1.82) is 0 Å². The summed E-state index contributed by atoms with van der Waals surface area (Å²) in [5, 5.41) is 3.18. The Bertz CT molecular complexity index is 475. The van der Waals surface area contributed by atoms with E-state index in [1.807, 2.05) is 32.6 Å². The molecule has 0 saturated carbocycles. The highest BCUT2D eigenvalue weighted by Crippen LogP contribution is 2.25. The molecule has 1 rings (SSSR count). The van der Waals surface area contributed by atoms with Crippen LogP contribution in [0.3, 0.4) is 0 Å². The molecule has 2 atom stereocenters. The lowest BCUT2D eigenvalue weighted by Gasteiger charge is -2.39. The maximum atomic E-state index is 12.8. The molecule has 5 nitrogen and oxygen atoms in total. The molecule has 1 aliphatic heterocycles. The molecular formula is C16H32F3IN4OS. The number of hydrogen-bond acceptors (Lipinski definition) is 3. The molecule has 156 valence electrons. The van der Waals surface area contributed by atoms with Gasteiger partial charge in [0, 0.05) is 54.0 Å². The number of halogens is 4. The minimum Gasteiger partial charge on any atom is -0.357 e. The molecule has 1 N–H and O–H groups in total. The zero-order chi connectivity index (χ0) is 19.3. The SMILES string of the molecule is CCNC(=NCCS(=O)C(C)(C)C)N1CCN(C(C)C(F)(F)F)CC1.I. The average Bonchev–Trinajstić information content (AvgIpc) is 2.51. The van der Waals surface area contributed by atoms with E-state index in [2.05, 4.69) is 10.3 Å². The Morgan fingerprint density at radius 2 is 1.73 bits per heavy atom. The molecule has 0 radical (unpaired) electrons. The van der Waals surface area contributed by atoms with Crippen LogP contribution in [0, 0.1) is 0 Å². The average molecular weight is 512 g/mol.